The molecule has 0 aromatic heterocycles. The van der Waals surface area contributed by atoms with Gasteiger partial charge in [-0.2, -0.15) is 0 Å². The molecule has 2 aromatic carbocycles. The summed E-state index contributed by atoms with van der Waals surface area (Å²) >= 11 is 3.66. The summed E-state index contributed by atoms with van der Waals surface area (Å²) in [5.41, 5.74) is 3.87. The number of rotatable bonds is 6. The van der Waals surface area contributed by atoms with Crippen LogP contribution in [0.3, 0.4) is 0 Å². The molecule has 3 heteroatoms. The monoisotopic (exact) mass is 332 g/mol. The van der Waals surface area contributed by atoms with Gasteiger partial charge in [0.15, 0.2) is 0 Å². The van der Waals surface area contributed by atoms with Crippen LogP contribution >= 0.6 is 15.9 Å². The van der Waals surface area contributed by atoms with Crippen LogP contribution in [0, 0.1) is 0 Å². The molecule has 0 unspecified atom stereocenters. The van der Waals surface area contributed by atoms with Crippen molar-refractivity contribution in [2.75, 3.05) is 18.5 Å². The minimum absolute atomic E-state index is 0.881. The average molecular weight is 333 g/mol. The summed E-state index contributed by atoms with van der Waals surface area (Å²) in [6, 6.07) is 17.2. The van der Waals surface area contributed by atoms with Crippen LogP contribution < -0.4 is 10.2 Å². The Morgan fingerprint density at radius 1 is 1.10 bits per heavy atom. The van der Waals surface area contributed by atoms with Crippen molar-refractivity contribution in [3.05, 3.63) is 64.1 Å². The first-order chi connectivity index (χ1) is 9.74. The van der Waals surface area contributed by atoms with E-state index in [0.29, 0.717) is 0 Å². The lowest BCUT2D eigenvalue weighted by molar-refractivity contribution is 0.808. The van der Waals surface area contributed by atoms with Crippen LogP contribution in [0.4, 0.5) is 5.69 Å². The topological polar surface area (TPSA) is 15.3 Å². The predicted molar refractivity (Wildman–Crippen MR) is 90.1 cm³/mol. The van der Waals surface area contributed by atoms with Crippen LogP contribution in [0.25, 0.3) is 0 Å². The molecule has 0 aliphatic heterocycles. The largest absolute Gasteiger partial charge is 0.367 e. The molecule has 0 spiro atoms. The molecule has 0 radical (unpaired) electrons. The quantitative estimate of drug-likeness (QED) is 0.852. The Morgan fingerprint density at radius 2 is 1.85 bits per heavy atom. The van der Waals surface area contributed by atoms with E-state index in [1.807, 2.05) is 7.05 Å². The lowest BCUT2D eigenvalue weighted by Gasteiger charge is -2.24. The van der Waals surface area contributed by atoms with Gasteiger partial charge >= 0.3 is 0 Å². The van der Waals surface area contributed by atoms with E-state index < -0.39 is 0 Å². The number of nitrogens with one attached hydrogen (secondary N) is 1. The maximum Gasteiger partial charge on any atom is 0.0429 e. The molecule has 0 atom stereocenters. The summed E-state index contributed by atoms with van der Waals surface area (Å²) in [6.07, 6.45) is 0. The van der Waals surface area contributed by atoms with Gasteiger partial charge in [-0.1, -0.05) is 52.3 Å². The van der Waals surface area contributed by atoms with Crippen molar-refractivity contribution in [1.29, 1.82) is 0 Å². The number of halogens is 1. The van der Waals surface area contributed by atoms with Gasteiger partial charge in [0.05, 0.1) is 0 Å². The number of hydrogen-bond acceptors (Lipinski definition) is 2. The third-order valence-corrected chi connectivity index (χ3v) is 4.11. The van der Waals surface area contributed by atoms with Gasteiger partial charge in [0, 0.05) is 29.8 Å². The first-order valence-corrected chi connectivity index (χ1v) is 7.75. The van der Waals surface area contributed by atoms with E-state index in [1.54, 1.807) is 0 Å². The molecule has 0 heterocycles. The highest BCUT2D eigenvalue weighted by Crippen LogP contribution is 2.25. The maximum atomic E-state index is 3.66. The molecule has 2 nitrogen and oxygen atoms in total. The molecule has 1 N–H and O–H groups in total. The molecular formula is C17H21BrN2. The molecule has 2 aromatic rings. The van der Waals surface area contributed by atoms with E-state index in [9.17, 15) is 0 Å². The highest BCUT2D eigenvalue weighted by molar-refractivity contribution is 9.10. The number of nitrogens with zero attached hydrogens (tertiary/aromatic N) is 1. The molecule has 106 valence electrons. The van der Waals surface area contributed by atoms with Crippen LogP contribution in [-0.2, 0) is 13.1 Å². The summed E-state index contributed by atoms with van der Waals surface area (Å²) < 4.78 is 1.16. The van der Waals surface area contributed by atoms with Crippen molar-refractivity contribution in [3.63, 3.8) is 0 Å². The van der Waals surface area contributed by atoms with Crippen LogP contribution in [0.1, 0.15) is 18.1 Å². The van der Waals surface area contributed by atoms with Gasteiger partial charge in [0.25, 0.3) is 0 Å². The second-order valence-electron chi connectivity index (χ2n) is 4.81. The molecule has 0 bridgehead atoms. The van der Waals surface area contributed by atoms with Gasteiger partial charge in [0.1, 0.15) is 0 Å². The molecular weight excluding hydrogens is 312 g/mol. The van der Waals surface area contributed by atoms with Gasteiger partial charge in [-0.15, -0.1) is 0 Å². The van der Waals surface area contributed by atoms with Crippen molar-refractivity contribution in [1.82, 2.24) is 5.32 Å². The van der Waals surface area contributed by atoms with Crippen molar-refractivity contribution in [2.24, 2.45) is 0 Å². The molecule has 0 aliphatic carbocycles. The van der Waals surface area contributed by atoms with Crippen molar-refractivity contribution >= 4 is 21.6 Å². The molecule has 0 amide bonds. The third-order valence-electron chi connectivity index (χ3n) is 3.37. The first-order valence-electron chi connectivity index (χ1n) is 6.96. The summed E-state index contributed by atoms with van der Waals surface area (Å²) in [5, 5.41) is 3.18. The fraction of sp³-hybridized carbons (Fsp3) is 0.294. The Kier molecular flexibility index (Phi) is 5.62. The second-order valence-corrected chi connectivity index (χ2v) is 5.66. The van der Waals surface area contributed by atoms with Gasteiger partial charge in [-0.25, -0.2) is 0 Å². The standard InChI is InChI=1S/C17H21BrN2/c1-3-20(13-14-7-5-4-6-8-14)16-10-9-15(12-19-2)17(18)11-16/h4-11,19H,3,12-13H2,1-2H3. The Bertz CT molecular complexity index is 540. The molecule has 0 aliphatic rings. The smallest absolute Gasteiger partial charge is 0.0429 e. The molecule has 20 heavy (non-hydrogen) atoms. The average Bonchev–Trinajstić information content (AvgIpc) is 2.48. The Hall–Kier alpha value is -1.32. The summed E-state index contributed by atoms with van der Waals surface area (Å²) in [7, 11) is 1.97. The highest BCUT2D eigenvalue weighted by atomic mass is 79.9. The zero-order chi connectivity index (χ0) is 14.4. The van der Waals surface area contributed by atoms with E-state index in [4.69, 9.17) is 0 Å². The maximum absolute atomic E-state index is 3.66. The van der Waals surface area contributed by atoms with E-state index in [-0.39, 0.29) is 0 Å². The fourth-order valence-electron chi connectivity index (χ4n) is 2.26. The molecule has 0 saturated carbocycles. The number of hydrogen-bond donors (Lipinski definition) is 1. The Labute approximate surface area is 129 Å². The van der Waals surface area contributed by atoms with E-state index in [1.165, 1.54) is 16.8 Å². The van der Waals surface area contributed by atoms with Gasteiger partial charge in [-0.3, -0.25) is 0 Å². The highest BCUT2D eigenvalue weighted by Gasteiger charge is 2.07. The van der Waals surface area contributed by atoms with E-state index in [0.717, 1.165) is 24.1 Å². The lowest BCUT2D eigenvalue weighted by atomic mass is 10.1. The Balaban J connectivity index is 2.17. The van der Waals surface area contributed by atoms with E-state index >= 15 is 0 Å². The second kappa shape index (κ2) is 7.46. The summed E-state index contributed by atoms with van der Waals surface area (Å²) in [4.78, 5) is 2.38. The van der Waals surface area contributed by atoms with Gasteiger partial charge in [-0.05, 0) is 37.2 Å². The molecule has 0 fully saturated rings. The van der Waals surface area contributed by atoms with Crippen LogP contribution in [0.2, 0.25) is 0 Å². The number of benzene rings is 2. The zero-order valence-electron chi connectivity index (χ0n) is 12.1. The lowest BCUT2D eigenvalue weighted by Crippen LogP contribution is -2.22. The SMILES string of the molecule is CCN(Cc1ccccc1)c1ccc(CNC)c(Br)c1. The fourth-order valence-corrected chi connectivity index (χ4v) is 2.76. The summed E-state index contributed by atoms with van der Waals surface area (Å²) in [5.74, 6) is 0. The minimum Gasteiger partial charge on any atom is -0.367 e. The summed E-state index contributed by atoms with van der Waals surface area (Å²) in [6.45, 7) is 5.01. The first kappa shape index (κ1) is 15.1. The van der Waals surface area contributed by atoms with Crippen molar-refractivity contribution in [2.45, 2.75) is 20.0 Å². The molecule has 2 rings (SSSR count). The predicted octanol–water partition coefficient (Wildman–Crippen LogP) is 4.20. The minimum atomic E-state index is 0.881. The zero-order valence-corrected chi connectivity index (χ0v) is 13.7. The van der Waals surface area contributed by atoms with Gasteiger partial charge in [0.2, 0.25) is 0 Å². The van der Waals surface area contributed by atoms with Crippen LogP contribution in [0.5, 0.6) is 0 Å². The van der Waals surface area contributed by atoms with Crippen LogP contribution in [-0.4, -0.2) is 13.6 Å². The third kappa shape index (κ3) is 3.84. The van der Waals surface area contributed by atoms with E-state index in [2.05, 4.69) is 81.6 Å². The normalized spacial score (nSPS) is 10.6. The van der Waals surface area contributed by atoms with Crippen molar-refractivity contribution < 1.29 is 0 Å². The van der Waals surface area contributed by atoms with Gasteiger partial charge < -0.3 is 10.2 Å². The Morgan fingerprint density at radius 3 is 2.45 bits per heavy atom. The number of anilines is 1. The van der Waals surface area contributed by atoms with Crippen molar-refractivity contribution in [3.8, 4) is 0 Å². The molecule has 0 saturated heterocycles. The van der Waals surface area contributed by atoms with Crippen LogP contribution in [0.15, 0.2) is 53.0 Å².